The number of carboxylic acid groups (broad SMARTS) is 1. The maximum atomic E-state index is 11.5. The Kier molecular flexibility index (Phi) is 3.76. The predicted molar refractivity (Wildman–Crippen MR) is 52.7 cm³/mol. The van der Waals surface area contributed by atoms with E-state index in [1.165, 1.54) is 13.0 Å². The van der Waals surface area contributed by atoms with Crippen LogP contribution in [0.25, 0.3) is 0 Å². The highest BCUT2D eigenvalue weighted by Gasteiger charge is 2.21. The van der Waals surface area contributed by atoms with Crippen molar-refractivity contribution in [3.05, 3.63) is 24.4 Å². The molecule has 0 fully saturated rings. The lowest BCUT2D eigenvalue weighted by Crippen LogP contribution is -2.40. The Morgan fingerprint density at radius 2 is 2.38 bits per heavy atom. The molecule has 1 rings (SSSR count). The quantitative estimate of drug-likeness (QED) is 0.690. The first kappa shape index (κ1) is 11.9. The van der Waals surface area contributed by atoms with Gasteiger partial charge in [-0.2, -0.15) is 4.98 Å². The normalized spacial score (nSPS) is 11.8. The number of carbonyl (C=O) groups is 2. The number of rotatable bonds is 5. The van der Waals surface area contributed by atoms with Gasteiger partial charge in [-0.25, -0.2) is 4.79 Å². The van der Waals surface area contributed by atoms with Gasteiger partial charge in [0, 0.05) is 6.92 Å². The van der Waals surface area contributed by atoms with Crippen molar-refractivity contribution >= 4 is 11.9 Å². The maximum Gasteiger partial charge on any atom is 0.326 e. The summed E-state index contributed by atoms with van der Waals surface area (Å²) in [5.41, 5.74) is 0. The van der Waals surface area contributed by atoms with E-state index in [-0.39, 0.29) is 18.1 Å². The number of carbonyl (C=O) groups excluding carboxylic acids is 1. The minimum Gasteiger partial charge on any atom is -0.480 e. The number of nitrogens with one attached hydrogen (secondary N) is 1. The Morgan fingerprint density at radius 3 is 2.81 bits per heavy atom. The van der Waals surface area contributed by atoms with Crippen LogP contribution in [0.3, 0.4) is 0 Å². The predicted octanol–water partition coefficient (Wildman–Crippen LogP) is 0.137. The van der Waals surface area contributed by atoms with Crippen LogP contribution in [0.1, 0.15) is 22.9 Å². The van der Waals surface area contributed by atoms with E-state index in [0.717, 1.165) is 0 Å². The van der Waals surface area contributed by atoms with Gasteiger partial charge in [0.2, 0.25) is 5.89 Å². The number of hydrogen-bond acceptors (Lipinski definition) is 5. The second-order valence-electron chi connectivity index (χ2n) is 3.03. The van der Waals surface area contributed by atoms with Gasteiger partial charge in [-0.1, -0.05) is 11.2 Å². The zero-order valence-corrected chi connectivity index (χ0v) is 8.64. The van der Waals surface area contributed by atoms with E-state index in [9.17, 15) is 9.59 Å². The number of hydrogen-bond donors (Lipinski definition) is 2. The highest BCUT2D eigenvalue weighted by molar-refractivity contribution is 5.93. The van der Waals surface area contributed by atoms with Crippen LogP contribution >= 0.6 is 0 Å². The zero-order valence-electron chi connectivity index (χ0n) is 8.64. The Morgan fingerprint density at radius 1 is 1.69 bits per heavy atom. The highest BCUT2D eigenvalue weighted by Crippen LogP contribution is 1.98. The molecule has 1 atom stereocenters. The summed E-state index contributed by atoms with van der Waals surface area (Å²) in [7, 11) is 0. The molecule has 2 N–H and O–H groups in total. The largest absolute Gasteiger partial charge is 0.480 e. The molecule has 1 amide bonds. The van der Waals surface area contributed by atoms with E-state index in [4.69, 9.17) is 5.11 Å². The van der Waals surface area contributed by atoms with Crippen LogP contribution in [-0.4, -0.2) is 33.2 Å². The number of amides is 1. The summed E-state index contributed by atoms with van der Waals surface area (Å²) < 4.78 is 4.60. The Balaban J connectivity index is 2.68. The fourth-order valence-corrected chi connectivity index (χ4v) is 1.00. The summed E-state index contributed by atoms with van der Waals surface area (Å²) in [4.78, 5) is 25.9. The molecule has 1 heterocycles. The van der Waals surface area contributed by atoms with Crippen molar-refractivity contribution < 1.29 is 19.2 Å². The molecule has 0 bridgehead atoms. The van der Waals surface area contributed by atoms with Gasteiger partial charge >= 0.3 is 5.97 Å². The van der Waals surface area contributed by atoms with Gasteiger partial charge in [0.15, 0.2) is 0 Å². The SMILES string of the molecule is C=CCC(NC(=O)c1noc(C)n1)C(=O)O. The lowest BCUT2D eigenvalue weighted by Gasteiger charge is -2.10. The van der Waals surface area contributed by atoms with Crippen LogP contribution in [-0.2, 0) is 4.79 Å². The number of carboxylic acids is 1. The number of nitrogens with zero attached hydrogens (tertiary/aromatic N) is 2. The lowest BCUT2D eigenvalue weighted by atomic mass is 10.2. The van der Waals surface area contributed by atoms with Crippen molar-refractivity contribution in [2.75, 3.05) is 0 Å². The first-order valence-corrected chi connectivity index (χ1v) is 4.49. The number of aliphatic carboxylic acids is 1. The smallest absolute Gasteiger partial charge is 0.326 e. The van der Waals surface area contributed by atoms with Crippen molar-refractivity contribution in [2.24, 2.45) is 0 Å². The van der Waals surface area contributed by atoms with Crippen LogP contribution in [0.4, 0.5) is 0 Å². The van der Waals surface area contributed by atoms with Crippen LogP contribution in [0, 0.1) is 6.92 Å². The molecule has 0 spiro atoms. The van der Waals surface area contributed by atoms with E-state index in [2.05, 4.69) is 26.6 Å². The third kappa shape index (κ3) is 2.91. The second kappa shape index (κ2) is 5.06. The molecule has 7 nitrogen and oxygen atoms in total. The topological polar surface area (TPSA) is 105 Å². The van der Waals surface area contributed by atoms with Crippen molar-refractivity contribution in [3.63, 3.8) is 0 Å². The fourth-order valence-electron chi connectivity index (χ4n) is 1.00. The monoisotopic (exact) mass is 225 g/mol. The fraction of sp³-hybridized carbons (Fsp3) is 0.333. The minimum atomic E-state index is -1.14. The third-order valence-electron chi connectivity index (χ3n) is 1.74. The summed E-state index contributed by atoms with van der Waals surface area (Å²) in [5, 5.41) is 14.4. The molecular formula is C9H11N3O4. The number of aromatic nitrogens is 2. The Bertz CT molecular complexity index is 413. The maximum absolute atomic E-state index is 11.5. The average Bonchev–Trinajstić information content (AvgIpc) is 2.64. The van der Waals surface area contributed by atoms with Gasteiger partial charge in [-0.05, 0) is 6.42 Å². The van der Waals surface area contributed by atoms with E-state index in [1.807, 2.05) is 0 Å². The summed E-state index contributed by atoms with van der Waals surface area (Å²) in [6.45, 7) is 4.93. The first-order chi connectivity index (χ1) is 7.54. The van der Waals surface area contributed by atoms with Crippen molar-refractivity contribution in [3.8, 4) is 0 Å². The molecule has 16 heavy (non-hydrogen) atoms. The highest BCUT2D eigenvalue weighted by atomic mass is 16.5. The standard InChI is InChI=1S/C9H11N3O4/c1-3-4-6(9(14)15)11-8(13)7-10-5(2)16-12-7/h3,6H,1,4H2,2H3,(H,11,13)(H,14,15). The molecule has 1 unspecified atom stereocenters. The van der Waals surface area contributed by atoms with Crippen molar-refractivity contribution in [2.45, 2.75) is 19.4 Å². The van der Waals surface area contributed by atoms with Crippen molar-refractivity contribution in [1.82, 2.24) is 15.5 Å². The molecule has 1 aromatic heterocycles. The molecule has 0 saturated heterocycles. The zero-order chi connectivity index (χ0) is 12.1. The van der Waals surface area contributed by atoms with Gasteiger partial charge in [0.05, 0.1) is 0 Å². The summed E-state index contributed by atoms with van der Waals surface area (Å²) in [6.07, 6.45) is 1.53. The van der Waals surface area contributed by atoms with Crippen LogP contribution in [0.15, 0.2) is 17.2 Å². The lowest BCUT2D eigenvalue weighted by molar-refractivity contribution is -0.139. The van der Waals surface area contributed by atoms with E-state index < -0.39 is 17.9 Å². The van der Waals surface area contributed by atoms with Crippen LogP contribution in [0.5, 0.6) is 0 Å². The molecule has 0 radical (unpaired) electrons. The molecule has 7 heteroatoms. The van der Waals surface area contributed by atoms with Gasteiger partial charge in [-0.15, -0.1) is 6.58 Å². The molecule has 0 aliphatic rings. The second-order valence-corrected chi connectivity index (χ2v) is 3.03. The summed E-state index contributed by atoms with van der Waals surface area (Å²) >= 11 is 0. The minimum absolute atomic E-state index is 0.123. The molecule has 0 aliphatic carbocycles. The Labute approximate surface area is 91.1 Å². The van der Waals surface area contributed by atoms with E-state index in [0.29, 0.717) is 0 Å². The Hall–Kier alpha value is -2.18. The van der Waals surface area contributed by atoms with E-state index in [1.54, 1.807) is 0 Å². The van der Waals surface area contributed by atoms with Crippen LogP contribution < -0.4 is 5.32 Å². The first-order valence-electron chi connectivity index (χ1n) is 4.49. The average molecular weight is 225 g/mol. The van der Waals surface area contributed by atoms with E-state index >= 15 is 0 Å². The van der Waals surface area contributed by atoms with Crippen LogP contribution in [0.2, 0.25) is 0 Å². The van der Waals surface area contributed by atoms with Gasteiger partial charge in [0.25, 0.3) is 11.7 Å². The molecular weight excluding hydrogens is 214 g/mol. The van der Waals surface area contributed by atoms with Gasteiger partial charge in [-0.3, -0.25) is 4.79 Å². The molecule has 0 aromatic carbocycles. The van der Waals surface area contributed by atoms with Gasteiger partial charge in [0.1, 0.15) is 6.04 Å². The summed E-state index contributed by atoms with van der Waals surface area (Å²) in [5.74, 6) is -1.78. The van der Waals surface area contributed by atoms with Crippen molar-refractivity contribution in [1.29, 1.82) is 0 Å². The third-order valence-corrected chi connectivity index (χ3v) is 1.74. The molecule has 1 aromatic rings. The number of aryl methyl sites for hydroxylation is 1. The molecule has 86 valence electrons. The molecule has 0 aliphatic heterocycles. The molecule has 0 saturated carbocycles. The summed E-state index contributed by atoms with van der Waals surface area (Å²) in [6, 6.07) is -1.04. The van der Waals surface area contributed by atoms with Gasteiger partial charge < -0.3 is 14.9 Å².